The number of hydrogen-bond acceptors (Lipinski definition) is 3. The SMILES string of the molecule is CCCN(CC1CCNCC1)C(=O)Cn1nc(C)cc1C. The van der Waals surface area contributed by atoms with Crippen LogP contribution in [0.1, 0.15) is 37.6 Å². The Kier molecular flexibility index (Phi) is 5.79. The number of carbonyl (C=O) groups is 1. The Morgan fingerprint density at radius 2 is 2.14 bits per heavy atom. The first-order valence-corrected chi connectivity index (χ1v) is 8.09. The van der Waals surface area contributed by atoms with Gasteiger partial charge >= 0.3 is 0 Å². The van der Waals surface area contributed by atoms with Crippen molar-refractivity contribution in [3.8, 4) is 0 Å². The Bertz CT molecular complexity index is 463. The van der Waals surface area contributed by atoms with Gasteiger partial charge in [0.2, 0.25) is 5.91 Å². The van der Waals surface area contributed by atoms with Gasteiger partial charge in [-0.15, -0.1) is 0 Å². The van der Waals surface area contributed by atoms with Crippen LogP contribution < -0.4 is 5.32 Å². The molecule has 118 valence electrons. The third-order valence-corrected chi connectivity index (χ3v) is 4.17. The van der Waals surface area contributed by atoms with E-state index in [1.807, 2.05) is 29.5 Å². The molecule has 0 unspecified atom stereocenters. The number of piperidine rings is 1. The molecular weight excluding hydrogens is 264 g/mol. The lowest BCUT2D eigenvalue weighted by atomic mass is 9.97. The molecule has 21 heavy (non-hydrogen) atoms. The maximum Gasteiger partial charge on any atom is 0.244 e. The van der Waals surface area contributed by atoms with E-state index in [1.165, 1.54) is 12.8 Å². The Labute approximate surface area is 127 Å². The van der Waals surface area contributed by atoms with Crippen molar-refractivity contribution >= 4 is 5.91 Å². The molecule has 0 spiro atoms. The maximum atomic E-state index is 12.6. The van der Waals surface area contributed by atoms with Gasteiger partial charge in [0.1, 0.15) is 6.54 Å². The van der Waals surface area contributed by atoms with Gasteiger partial charge in [-0.1, -0.05) is 6.92 Å². The van der Waals surface area contributed by atoms with E-state index in [4.69, 9.17) is 0 Å². The van der Waals surface area contributed by atoms with Crippen molar-refractivity contribution in [2.45, 2.75) is 46.6 Å². The van der Waals surface area contributed by atoms with E-state index in [9.17, 15) is 4.79 Å². The lowest BCUT2D eigenvalue weighted by Crippen LogP contribution is -2.41. The number of aryl methyl sites for hydroxylation is 2. The highest BCUT2D eigenvalue weighted by atomic mass is 16.2. The normalized spacial score (nSPS) is 16.1. The topological polar surface area (TPSA) is 50.2 Å². The smallest absolute Gasteiger partial charge is 0.244 e. The predicted octanol–water partition coefficient (Wildman–Crippen LogP) is 1.74. The van der Waals surface area contributed by atoms with Crippen LogP contribution in [0.5, 0.6) is 0 Å². The van der Waals surface area contributed by atoms with Gasteiger partial charge in [0.05, 0.1) is 5.69 Å². The molecule has 1 amide bonds. The van der Waals surface area contributed by atoms with E-state index in [1.54, 1.807) is 0 Å². The summed E-state index contributed by atoms with van der Waals surface area (Å²) in [5.41, 5.74) is 2.03. The zero-order valence-electron chi connectivity index (χ0n) is 13.6. The molecule has 5 heteroatoms. The van der Waals surface area contributed by atoms with Crippen LogP contribution >= 0.6 is 0 Å². The second kappa shape index (κ2) is 7.59. The fraction of sp³-hybridized carbons (Fsp3) is 0.750. The van der Waals surface area contributed by atoms with Crippen molar-refractivity contribution in [1.82, 2.24) is 20.0 Å². The largest absolute Gasteiger partial charge is 0.341 e. The van der Waals surface area contributed by atoms with Crippen LogP contribution in [0.4, 0.5) is 0 Å². The molecule has 1 N–H and O–H groups in total. The highest BCUT2D eigenvalue weighted by Crippen LogP contribution is 2.14. The minimum Gasteiger partial charge on any atom is -0.341 e. The van der Waals surface area contributed by atoms with Crippen LogP contribution in [-0.4, -0.2) is 46.8 Å². The minimum atomic E-state index is 0.196. The van der Waals surface area contributed by atoms with Crippen LogP contribution in [0.25, 0.3) is 0 Å². The highest BCUT2D eigenvalue weighted by Gasteiger charge is 2.21. The van der Waals surface area contributed by atoms with Gasteiger partial charge < -0.3 is 10.2 Å². The lowest BCUT2D eigenvalue weighted by molar-refractivity contribution is -0.132. The Balaban J connectivity index is 1.95. The number of amides is 1. The Morgan fingerprint density at radius 1 is 1.43 bits per heavy atom. The average Bonchev–Trinajstić information content (AvgIpc) is 2.77. The Hall–Kier alpha value is -1.36. The molecule has 1 aromatic rings. The Morgan fingerprint density at radius 3 is 2.71 bits per heavy atom. The van der Waals surface area contributed by atoms with Crippen LogP contribution in [0, 0.1) is 19.8 Å². The van der Waals surface area contributed by atoms with Gasteiger partial charge in [0.25, 0.3) is 0 Å². The fourth-order valence-corrected chi connectivity index (χ4v) is 3.03. The fourth-order valence-electron chi connectivity index (χ4n) is 3.03. The number of nitrogens with zero attached hydrogens (tertiary/aromatic N) is 3. The highest BCUT2D eigenvalue weighted by molar-refractivity contribution is 5.76. The third kappa shape index (κ3) is 4.56. The number of hydrogen-bond donors (Lipinski definition) is 1. The molecule has 1 fully saturated rings. The quantitative estimate of drug-likeness (QED) is 0.869. The molecule has 2 rings (SSSR count). The predicted molar refractivity (Wildman–Crippen MR) is 84.2 cm³/mol. The van der Waals surface area contributed by atoms with E-state index in [2.05, 4.69) is 17.3 Å². The molecule has 1 aromatic heterocycles. The molecular formula is C16H28N4O. The molecule has 5 nitrogen and oxygen atoms in total. The molecule has 0 atom stereocenters. The van der Waals surface area contributed by atoms with Crippen LogP contribution in [-0.2, 0) is 11.3 Å². The molecule has 1 aliphatic rings. The third-order valence-electron chi connectivity index (χ3n) is 4.17. The van der Waals surface area contributed by atoms with E-state index in [0.717, 1.165) is 44.0 Å². The van der Waals surface area contributed by atoms with Gasteiger partial charge in [-0.25, -0.2) is 0 Å². The molecule has 1 aliphatic heterocycles. The maximum absolute atomic E-state index is 12.6. The summed E-state index contributed by atoms with van der Waals surface area (Å²) in [5.74, 6) is 0.837. The van der Waals surface area contributed by atoms with Gasteiger partial charge in [-0.3, -0.25) is 9.48 Å². The van der Waals surface area contributed by atoms with Gasteiger partial charge in [-0.05, 0) is 58.2 Å². The zero-order chi connectivity index (χ0) is 15.2. The average molecular weight is 292 g/mol. The van der Waals surface area contributed by atoms with Gasteiger partial charge in [0, 0.05) is 18.8 Å². The number of aromatic nitrogens is 2. The minimum absolute atomic E-state index is 0.196. The molecule has 0 bridgehead atoms. The molecule has 0 aliphatic carbocycles. The summed E-state index contributed by atoms with van der Waals surface area (Å²) in [7, 11) is 0. The van der Waals surface area contributed by atoms with Crippen molar-refractivity contribution in [1.29, 1.82) is 0 Å². The summed E-state index contributed by atoms with van der Waals surface area (Å²) in [6.07, 6.45) is 3.36. The number of carbonyl (C=O) groups excluding carboxylic acids is 1. The lowest BCUT2D eigenvalue weighted by Gasteiger charge is -2.30. The van der Waals surface area contributed by atoms with E-state index < -0.39 is 0 Å². The number of nitrogens with one attached hydrogen (secondary N) is 1. The molecule has 0 aromatic carbocycles. The summed E-state index contributed by atoms with van der Waals surface area (Å²) in [5, 5.41) is 7.78. The first-order valence-electron chi connectivity index (χ1n) is 8.09. The number of rotatable bonds is 6. The second-order valence-corrected chi connectivity index (χ2v) is 6.12. The summed E-state index contributed by atoms with van der Waals surface area (Å²) in [6, 6.07) is 2.02. The first-order chi connectivity index (χ1) is 10.1. The van der Waals surface area contributed by atoms with Crippen LogP contribution in [0.3, 0.4) is 0 Å². The van der Waals surface area contributed by atoms with Crippen molar-refractivity contribution in [3.63, 3.8) is 0 Å². The molecule has 0 radical (unpaired) electrons. The molecule has 1 saturated heterocycles. The standard InChI is InChI=1S/C16H28N4O/c1-4-9-19(11-15-5-7-17-8-6-15)16(21)12-20-14(3)10-13(2)18-20/h10,15,17H,4-9,11-12H2,1-3H3. The van der Waals surface area contributed by atoms with E-state index in [0.29, 0.717) is 12.5 Å². The van der Waals surface area contributed by atoms with Crippen molar-refractivity contribution < 1.29 is 4.79 Å². The zero-order valence-corrected chi connectivity index (χ0v) is 13.6. The molecule has 0 saturated carbocycles. The van der Waals surface area contributed by atoms with Crippen LogP contribution in [0.15, 0.2) is 6.07 Å². The van der Waals surface area contributed by atoms with Gasteiger partial charge in [-0.2, -0.15) is 5.10 Å². The monoisotopic (exact) mass is 292 g/mol. The summed E-state index contributed by atoms with van der Waals surface area (Å²) >= 11 is 0. The van der Waals surface area contributed by atoms with Crippen molar-refractivity contribution in [2.24, 2.45) is 5.92 Å². The van der Waals surface area contributed by atoms with Crippen LogP contribution in [0.2, 0.25) is 0 Å². The van der Waals surface area contributed by atoms with Crippen molar-refractivity contribution in [3.05, 3.63) is 17.5 Å². The van der Waals surface area contributed by atoms with Crippen molar-refractivity contribution in [2.75, 3.05) is 26.2 Å². The van der Waals surface area contributed by atoms with Gasteiger partial charge in [0.15, 0.2) is 0 Å². The summed E-state index contributed by atoms with van der Waals surface area (Å²) < 4.78 is 1.82. The van der Waals surface area contributed by atoms with E-state index >= 15 is 0 Å². The molecule has 2 heterocycles. The summed E-state index contributed by atoms with van der Waals surface area (Å²) in [6.45, 7) is 10.4. The second-order valence-electron chi connectivity index (χ2n) is 6.12. The summed E-state index contributed by atoms with van der Waals surface area (Å²) in [4.78, 5) is 14.6. The van der Waals surface area contributed by atoms with E-state index in [-0.39, 0.29) is 5.91 Å². The first kappa shape index (κ1) is 16.0.